The minimum Gasteiger partial charge on any atom is -0.357 e. The van der Waals surface area contributed by atoms with Crippen LogP contribution in [0.5, 0.6) is 0 Å². The lowest BCUT2D eigenvalue weighted by Gasteiger charge is -2.26. The second-order valence-corrected chi connectivity index (χ2v) is 6.35. The van der Waals surface area contributed by atoms with Crippen LogP contribution in [0.3, 0.4) is 0 Å². The van der Waals surface area contributed by atoms with Crippen molar-refractivity contribution in [2.75, 3.05) is 24.0 Å². The summed E-state index contributed by atoms with van der Waals surface area (Å²) in [7, 11) is 2.05. The Bertz CT molecular complexity index is 577. The average molecular weight is 322 g/mol. The molecule has 3 nitrogen and oxygen atoms in total. The first kappa shape index (κ1) is 16.1. The van der Waals surface area contributed by atoms with Crippen LogP contribution in [0, 0.1) is 0 Å². The van der Waals surface area contributed by atoms with E-state index in [0.717, 1.165) is 23.6 Å². The summed E-state index contributed by atoms with van der Waals surface area (Å²) >= 11 is 8.03. The third-order valence-corrected chi connectivity index (χ3v) is 4.31. The first-order valence-electron chi connectivity index (χ1n) is 6.93. The Morgan fingerprint density at radius 1 is 1.24 bits per heavy atom. The van der Waals surface area contributed by atoms with Gasteiger partial charge in [0.15, 0.2) is 5.82 Å². The van der Waals surface area contributed by atoms with Gasteiger partial charge in [0.25, 0.3) is 0 Å². The van der Waals surface area contributed by atoms with Gasteiger partial charge in [0.1, 0.15) is 11.0 Å². The van der Waals surface area contributed by atoms with Crippen LogP contribution >= 0.6 is 23.4 Å². The van der Waals surface area contributed by atoms with Crippen LogP contribution < -0.4 is 4.90 Å². The van der Waals surface area contributed by atoms with Crippen LogP contribution in [0.1, 0.15) is 13.3 Å². The number of aromatic nitrogens is 2. The molecule has 5 heteroatoms. The van der Waals surface area contributed by atoms with Gasteiger partial charge >= 0.3 is 0 Å². The largest absolute Gasteiger partial charge is 0.357 e. The Kier molecular flexibility index (Phi) is 5.88. The summed E-state index contributed by atoms with van der Waals surface area (Å²) < 4.78 is 0. The lowest BCUT2D eigenvalue weighted by Crippen LogP contribution is -2.30. The molecule has 1 heterocycles. The van der Waals surface area contributed by atoms with Crippen molar-refractivity contribution in [3.63, 3.8) is 0 Å². The summed E-state index contributed by atoms with van der Waals surface area (Å²) in [5.74, 6) is 2.67. The van der Waals surface area contributed by atoms with Crippen LogP contribution in [-0.4, -0.2) is 35.1 Å². The van der Waals surface area contributed by atoms with Gasteiger partial charge in [-0.3, -0.25) is 0 Å². The summed E-state index contributed by atoms with van der Waals surface area (Å²) in [6.45, 7) is 2.20. The molecule has 0 aliphatic rings. The lowest BCUT2D eigenvalue weighted by molar-refractivity contribution is 0.662. The Morgan fingerprint density at radius 2 is 1.95 bits per heavy atom. The lowest BCUT2D eigenvalue weighted by atomic mass is 10.2. The smallest absolute Gasteiger partial charge is 0.163 e. The quantitative estimate of drug-likeness (QED) is 0.739. The van der Waals surface area contributed by atoms with Crippen LogP contribution in [0.25, 0.3) is 11.4 Å². The fourth-order valence-electron chi connectivity index (χ4n) is 2.01. The first-order valence-corrected chi connectivity index (χ1v) is 8.70. The van der Waals surface area contributed by atoms with Crippen molar-refractivity contribution in [2.24, 2.45) is 0 Å². The standard InChI is InChI=1S/C16H20ClN3S/c1-12(9-10-21-3)20(2)15-11-14(17)18-16(19-15)13-7-5-4-6-8-13/h4-8,11-12H,9-10H2,1-3H3. The number of rotatable bonds is 6. The molecule has 1 unspecified atom stereocenters. The Morgan fingerprint density at radius 3 is 2.62 bits per heavy atom. The highest BCUT2D eigenvalue weighted by molar-refractivity contribution is 7.98. The molecule has 0 amide bonds. The molecule has 0 fully saturated rings. The van der Waals surface area contributed by atoms with E-state index >= 15 is 0 Å². The van der Waals surface area contributed by atoms with E-state index in [1.807, 2.05) is 48.2 Å². The molecular weight excluding hydrogens is 302 g/mol. The molecule has 112 valence electrons. The van der Waals surface area contributed by atoms with Crippen molar-refractivity contribution in [3.05, 3.63) is 41.6 Å². The zero-order chi connectivity index (χ0) is 15.2. The number of halogens is 1. The third-order valence-electron chi connectivity index (χ3n) is 3.48. The van der Waals surface area contributed by atoms with E-state index < -0.39 is 0 Å². The molecule has 1 aromatic heterocycles. The van der Waals surface area contributed by atoms with E-state index in [1.54, 1.807) is 0 Å². The SMILES string of the molecule is CSCCC(C)N(C)c1cc(Cl)nc(-c2ccccc2)n1. The fraction of sp³-hybridized carbons (Fsp3) is 0.375. The molecule has 0 aliphatic heterocycles. The second kappa shape index (κ2) is 7.66. The third kappa shape index (κ3) is 4.35. The van der Waals surface area contributed by atoms with Crippen molar-refractivity contribution in [1.82, 2.24) is 9.97 Å². The van der Waals surface area contributed by atoms with E-state index in [9.17, 15) is 0 Å². The number of thioether (sulfide) groups is 1. The van der Waals surface area contributed by atoms with Crippen LogP contribution in [-0.2, 0) is 0 Å². The molecule has 0 radical (unpaired) electrons. The van der Waals surface area contributed by atoms with Gasteiger partial charge in [0.2, 0.25) is 0 Å². The normalized spacial score (nSPS) is 12.2. The summed E-state index contributed by atoms with van der Waals surface area (Å²) in [5, 5.41) is 0.475. The maximum absolute atomic E-state index is 6.17. The van der Waals surface area contributed by atoms with Crippen LogP contribution in [0.4, 0.5) is 5.82 Å². The van der Waals surface area contributed by atoms with Gasteiger partial charge < -0.3 is 4.90 Å². The zero-order valence-corrected chi connectivity index (χ0v) is 14.2. The molecule has 21 heavy (non-hydrogen) atoms. The summed E-state index contributed by atoms with van der Waals surface area (Å²) in [6.07, 6.45) is 3.24. The predicted molar refractivity (Wildman–Crippen MR) is 93.3 cm³/mol. The monoisotopic (exact) mass is 321 g/mol. The van der Waals surface area contributed by atoms with Gasteiger partial charge in [0, 0.05) is 24.7 Å². The number of hydrogen-bond donors (Lipinski definition) is 0. The maximum atomic E-state index is 6.17. The molecule has 0 aliphatic carbocycles. The Labute approximate surface area is 135 Å². The maximum Gasteiger partial charge on any atom is 0.163 e. The van der Waals surface area contributed by atoms with E-state index in [0.29, 0.717) is 17.0 Å². The van der Waals surface area contributed by atoms with Crippen LogP contribution in [0.2, 0.25) is 5.15 Å². The average Bonchev–Trinajstić information content (AvgIpc) is 2.52. The van der Waals surface area contributed by atoms with Gasteiger partial charge in [-0.1, -0.05) is 41.9 Å². The topological polar surface area (TPSA) is 29.0 Å². The number of nitrogens with zero attached hydrogens (tertiary/aromatic N) is 3. The fourth-order valence-corrected chi connectivity index (χ4v) is 2.77. The highest BCUT2D eigenvalue weighted by Gasteiger charge is 2.14. The molecule has 1 atom stereocenters. The molecular formula is C16H20ClN3S. The van der Waals surface area contributed by atoms with Gasteiger partial charge in [-0.15, -0.1) is 0 Å². The van der Waals surface area contributed by atoms with Gasteiger partial charge in [0.05, 0.1) is 0 Å². The van der Waals surface area contributed by atoms with E-state index in [2.05, 4.69) is 35.1 Å². The van der Waals surface area contributed by atoms with Crippen molar-refractivity contribution in [1.29, 1.82) is 0 Å². The van der Waals surface area contributed by atoms with E-state index in [-0.39, 0.29) is 0 Å². The molecule has 1 aromatic carbocycles. The van der Waals surface area contributed by atoms with Gasteiger partial charge in [-0.25, -0.2) is 9.97 Å². The van der Waals surface area contributed by atoms with Crippen molar-refractivity contribution < 1.29 is 0 Å². The summed E-state index contributed by atoms with van der Waals surface area (Å²) in [4.78, 5) is 11.2. The number of benzene rings is 1. The van der Waals surface area contributed by atoms with Gasteiger partial charge in [-0.05, 0) is 25.4 Å². The van der Waals surface area contributed by atoms with Crippen molar-refractivity contribution in [3.8, 4) is 11.4 Å². The van der Waals surface area contributed by atoms with Crippen LogP contribution in [0.15, 0.2) is 36.4 Å². The number of hydrogen-bond acceptors (Lipinski definition) is 4. The molecule has 0 bridgehead atoms. The van der Waals surface area contributed by atoms with E-state index in [4.69, 9.17) is 11.6 Å². The van der Waals surface area contributed by atoms with Crippen molar-refractivity contribution >= 4 is 29.2 Å². The molecule has 0 spiro atoms. The second-order valence-electron chi connectivity index (χ2n) is 4.98. The van der Waals surface area contributed by atoms with Gasteiger partial charge in [-0.2, -0.15) is 11.8 Å². The molecule has 0 saturated carbocycles. The zero-order valence-electron chi connectivity index (χ0n) is 12.6. The number of anilines is 1. The minimum absolute atomic E-state index is 0.409. The molecule has 2 aromatic rings. The molecule has 0 saturated heterocycles. The Balaban J connectivity index is 2.27. The highest BCUT2D eigenvalue weighted by Crippen LogP contribution is 2.23. The summed E-state index contributed by atoms with van der Waals surface area (Å²) in [6, 6.07) is 12.1. The van der Waals surface area contributed by atoms with E-state index in [1.165, 1.54) is 0 Å². The Hall–Kier alpha value is -1.26. The highest BCUT2D eigenvalue weighted by atomic mass is 35.5. The summed E-state index contributed by atoms with van der Waals surface area (Å²) in [5.41, 5.74) is 0.978. The molecule has 0 N–H and O–H groups in total. The van der Waals surface area contributed by atoms with Crippen molar-refractivity contribution in [2.45, 2.75) is 19.4 Å². The minimum atomic E-state index is 0.409. The molecule has 2 rings (SSSR count). The first-order chi connectivity index (χ1) is 10.1. The predicted octanol–water partition coefficient (Wildman–Crippen LogP) is 4.37.